The van der Waals surface area contributed by atoms with Crippen LogP contribution in [-0.4, -0.2) is 31.0 Å². The Hall–Kier alpha value is -2.66. The van der Waals surface area contributed by atoms with E-state index in [9.17, 15) is 10.2 Å². The number of ether oxygens (including phenoxy) is 3. The number of methoxy groups -OCH3 is 2. The van der Waals surface area contributed by atoms with Crippen LogP contribution in [0.25, 0.3) is 6.08 Å². The zero-order valence-corrected chi connectivity index (χ0v) is 14.5. The Morgan fingerprint density at radius 2 is 1.88 bits per heavy atom. The lowest BCUT2D eigenvalue weighted by Crippen LogP contribution is -2.13. The van der Waals surface area contributed by atoms with Crippen molar-refractivity contribution in [2.24, 2.45) is 0 Å². The van der Waals surface area contributed by atoms with Crippen LogP contribution in [0.5, 0.6) is 23.0 Å². The Labute approximate surface area is 147 Å². The van der Waals surface area contributed by atoms with Crippen LogP contribution in [0.4, 0.5) is 0 Å². The van der Waals surface area contributed by atoms with Gasteiger partial charge in [-0.3, -0.25) is 0 Å². The first-order valence-electron chi connectivity index (χ1n) is 8.12. The van der Waals surface area contributed by atoms with Crippen LogP contribution in [-0.2, 0) is 0 Å². The monoisotopic (exact) mass is 342 g/mol. The molecule has 0 amide bonds. The molecule has 5 heteroatoms. The van der Waals surface area contributed by atoms with Gasteiger partial charge in [-0.05, 0) is 42.3 Å². The van der Waals surface area contributed by atoms with E-state index in [4.69, 9.17) is 14.2 Å². The van der Waals surface area contributed by atoms with E-state index >= 15 is 0 Å². The summed E-state index contributed by atoms with van der Waals surface area (Å²) in [6.45, 7) is 1.88. The first kappa shape index (κ1) is 17.2. The smallest absolute Gasteiger partial charge is 0.165 e. The predicted octanol–water partition coefficient (Wildman–Crippen LogP) is 3.65. The van der Waals surface area contributed by atoms with Gasteiger partial charge in [-0.1, -0.05) is 18.2 Å². The molecule has 1 aliphatic rings. The quantitative estimate of drug-likeness (QED) is 0.868. The van der Waals surface area contributed by atoms with Crippen molar-refractivity contribution in [1.82, 2.24) is 0 Å². The third kappa shape index (κ3) is 3.03. The fourth-order valence-electron chi connectivity index (χ4n) is 3.23. The maximum Gasteiger partial charge on any atom is 0.165 e. The Kier molecular flexibility index (Phi) is 4.86. The summed E-state index contributed by atoms with van der Waals surface area (Å²) in [6, 6.07) is 8.99. The van der Waals surface area contributed by atoms with Gasteiger partial charge in [0.2, 0.25) is 0 Å². The molecule has 0 unspecified atom stereocenters. The zero-order valence-electron chi connectivity index (χ0n) is 14.5. The summed E-state index contributed by atoms with van der Waals surface area (Å²) in [5.41, 5.74) is 2.72. The molecule has 2 atom stereocenters. The zero-order chi connectivity index (χ0) is 18.0. The second-order valence-electron chi connectivity index (χ2n) is 5.90. The average molecular weight is 342 g/mol. The van der Waals surface area contributed by atoms with Gasteiger partial charge in [0.05, 0.1) is 26.7 Å². The van der Waals surface area contributed by atoms with Crippen LogP contribution < -0.4 is 14.2 Å². The number of hydrogen-bond donors (Lipinski definition) is 2. The molecular weight excluding hydrogens is 320 g/mol. The summed E-state index contributed by atoms with van der Waals surface area (Å²) < 4.78 is 16.8. The third-order valence-electron chi connectivity index (χ3n) is 4.42. The molecule has 2 aromatic carbocycles. The van der Waals surface area contributed by atoms with Crippen molar-refractivity contribution in [2.45, 2.75) is 18.9 Å². The number of aliphatic hydroxyl groups is 1. The van der Waals surface area contributed by atoms with Crippen LogP contribution in [0, 0.1) is 0 Å². The maximum absolute atomic E-state index is 9.99. The summed E-state index contributed by atoms with van der Waals surface area (Å²) in [5, 5.41) is 19.8. The number of allylic oxidation sites excluding steroid dienone is 1. The highest BCUT2D eigenvalue weighted by Gasteiger charge is 2.37. The van der Waals surface area contributed by atoms with Gasteiger partial charge >= 0.3 is 0 Å². The number of aliphatic hydroxyl groups excluding tert-OH is 1. The molecule has 0 spiro atoms. The molecule has 132 valence electrons. The van der Waals surface area contributed by atoms with Crippen molar-refractivity contribution >= 4 is 6.08 Å². The molecule has 25 heavy (non-hydrogen) atoms. The predicted molar refractivity (Wildman–Crippen MR) is 95.6 cm³/mol. The number of phenols is 1. The SMILES string of the molecule is C/C=C/c1cc(OC)c2c(c1)[C@H](CO)[C@H](c1ccc(O)c(OC)c1)O2. The van der Waals surface area contributed by atoms with Gasteiger partial charge in [0.25, 0.3) is 0 Å². The highest BCUT2D eigenvalue weighted by atomic mass is 16.5. The molecule has 0 saturated carbocycles. The topological polar surface area (TPSA) is 68.2 Å². The van der Waals surface area contributed by atoms with E-state index in [-0.39, 0.29) is 24.4 Å². The van der Waals surface area contributed by atoms with E-state index in [2.05, 4.69) is 0 Å². The summed E-state index contributed by atoms with van der Waals surface area (Å²) in [4.78, 5) is 0. The van der Waals surface area contributed by atoms with Gasteiger partial charge in [-0.25, -0.2) is 0 Å². The molecule has 5 nitrogen and oxygen atoms in total. The van der Waals surface area contributed by atoms with Gasteiger partial charge in [0, 0.05) is 5.56 Å². The first-order chi connectivity index (χ1) is 12.1. The van der Waals surface area contributed by atoms with E-state index in [0.29, 0.717) is 17.2 Å². The number of phenolic OH excluding ortho intramolecular Hbond substituents is 1. The van der Waals surface area contributed by atoms with E-state index < -0.39 is 0 Å². The molecular formula is C20H22O5. The van der Waals surface area contributed by atoms with Gasteiger partial charge in [0.15, 0.2) is 23.0 Å². The molecule has 2 N–H and O–H groups in total. The molecule has 0 fully saturated rings. The van der Waals surface area contributed by atoms with E-state index in [1.54, 1.807) is 25.3 Å². The van der Waals surface area contributed by atoms with E-state index in [1.807, 2.05) is 31.2 Å². The summed E-state index contributed by atoms with van der Waals surface area (Å²) in [6.07, 6.45) is 3.55. The van der Waals surface area contributed by atoms with Crippen LogP contribution in [0.2, 0.25) is 0 Å². The molecule has 0 bridgehead atoms. The lowest BCUT2D eigenvalue weighted by Gasteiger charge is -2.18. The maximum atomic E-state index is 9.99. The summed E-state index contributed by atoms with van der Waals surface area (Å²) in [5.74, 6) is 1.48. The number of aromatic hydroxyl groups is 1. The summed E-state index contributed by atoms with van der Waals surface area (Å²) >= 11 is 0. The third-order valence-corrected chi connectivity index (χ3v) is 4.42. The largest absolute Gasteiger partial charge is 0.504 e. The van der Waals surface area contributed by atoms with Crippen molar-refractivity contribution in [1.29, 1.82) is 0 Å². The molecule has 0 radical (unpaired) electrons. The Morgan fingerprint density at radius 1 is 1.12 bits per heavy atom. The molecule has 2 aromatic rings. The van der Waals surface area contributed by atoms with Crippen LogP contribution in [0.15, 0.2) is 36.4 Å². The van der Waals surface area contributed by atoms with Gasteiger partial charge in [-0.2, -0.15) is 0 Å². The average Bonchev–Trinajstić information content (AvgIpc) is 3.00. The van der Waals surface area contributed by atoms with Crippen molar-refractivity contribution in [3.8, 4) is 23.0 Å². The molecule has 0 saturated heterocycles. The minimum atomic E-state index is -0.385. The Morgan fingerprint density at radius 3 is 2.52 bits per heavy atom. The van der Waals surface area contributed by atoms with Crippen molar-refractivity contribution in [2.75, 3.05) is 20.8 Å². The minimum Gasteiger partial charge on any atom is -0.504 e. The Bertz CT molecular complexity index is 797. The van der Waals surface area contributed by atoms with Gasteiger partial charge < -0.3 is 24.4 Å². The molecule has 1 heterocycles. The lowest BCUT2D eigenvalue weighted by atomic mass is 9.90. The molecule has 0 aromatic heterocycles. The number of hydrogen-bond acceptors (Lipinski definition) is 5. The lowest BCUT2D eigenvalue weighted by molar-refractivity contribution is 0.157. The number of benzene rings is 2. The second kappa shape index (κ2) is 7.07. The first-order valence-corrected chi connectivity index (χ1v) is 8.12. The molecule has 1 aliphatic heterocycles. The van der Waals surface area contributed by atoms with Crippen molar-refractivity contribution < 1.29 is 24.4 Å². The second-order valence-corrected chi connectivity index (χ2v) is 5.90. The van der Waals surface area contributed by atoms with E-state index in [1.165, 1.54) is 7.11 Å². The number of rotatable bonds is 5. The van der Waals surface area contributed by atoms with Crippen LogP contribution >= 0.6 is 0 Å². The molecule has 0 aliphatic carbocycles. The minimum absolute atomic E-state index is 0.0651. The fourth-order valence-corrected chi connectivity index (χ4v) is 3.23. The van der Waals surface area contributed by atoms with Crippen molar-refractivity contribution in [3.63, 3.8) is 0 Å². The number of fused-ring (bicyclic) bond motifs is 1. The van der Waals surface area contributed by atoms with Crippen LogP contribution in [0.1, 0.15) is 35.6 Å². The van der Waals surface area contributed by atoms with Gasteiger partial charge in [-0.15, -0.1) is 0 Å². The normalized spacial score (nSPS) is 18.9. The highest BCUT2D eigenvalue weighted by molar-refractivity contribution is 5.62. The van der Waals surface area contributed by atoms with Crippen molar-refractivity contribution in [3.05, 3.63) is 53.1 Å². The summed E-state index contributed by atoms with van der Waals surface area (Å²) in [7, 11) is 3.10. The van der Waals surface area contributed by atoms with Gasteiger partial charge in [0.1, 0.15) is 6.10 Å². The molecule has 3 rings (SSSR count). The highest BCUT2D eigenvalue weighted by Crippen LogP contribution is 2.51. The van der Waals surface area contributed by atoms with E-state index in [0.717, 1.165) is 16.7 Å². The van der Waals surface area contributed by atoms with Crippen LogP contribution in [0.3, 0.4) is 0 Å². The fraction of sp³-hybridized carbons (Fsp3) is 0.300. The Balaban J connectivity index is 2.07. The standard InChI is InChI=1S/C20H22O5/c1-4-5-12-8-14-15(11-21)19(25-20(14)18(9-12)24-3)13-6-7-16(22)17(10-13)23-2/h4-10,15,19,21-22H,11H2,1-3H3/b5-4+/t15-,19-/m0/s1.